The first-order chi connectivity index (χ1) is 12.6. The highest BCUT2D eigenvalue weighted by Crippen LogP contribution is 2.32. The monoisotopic (exact) mass is 503 g/mol. The standard InChI is InChI=1S/C19H22ClN3O3.HI/c1-21-19(22-10-16(24)14-4-3-5-15(20)9-14)23(2)11-13-6-7-17-18(8-13)26-12-25-17;/h3-9,16,24H,10-12H2,1-2H3,(H,21,22);1H. The molecule has 0 spiro atoms. The molecule has 0 aromatic heterocycles. The highest BCUT2D eigenvalue weighted by atomic mass is 127. The highest BCUT2D eigenvalue weighted by Gasteiger charge is 2.15. The average Bonchev–Trinajstić information content (AvgIpc) is 3.09. The van der Waals surface area contributed by atoms with Crippen LogP contribution in [0, 0.1) is 0 Å². The number of rotatable bonds is 5. The van der Waals surface area contributed by atoms with Crippen LogP contribution in [0.2, 0.25) is 5.02 Å². The van der Waals surface area contributed by atoms with Gasteiger partial charge in [0.2, 0.25) is 6.79 Å². The maximum atomic E-state index is 10.3. The summed E-state index contributed by atoms with van der Waals surface area (Å²) in [6.45, 7) is 1.24. The van der Waals surface area contributed by atoms with Crippen molar-refractivity contribution in [3.63, 3.8) is 0 Å². The molecule has 146 valence electrons. The Morgan fingerprint density at radius 3 is 2.78 bits per heavy atom. The number of nitrogens with one attached hydrogen (secondary N) is 1. The Bertz CT molecular complexity index is 804. The minimum absolute atomic E-state index is 0. The van der Waals surface area contributed by atoms with Gasteiger partial charge in [0.05, 0.1) is 6.10 Å². The van der Waals surface area contributed by atoms with Crippen LogP contribution in [-0.2, 0) is 6.54 Å². The van der Waals surface area contributed by atoms with Crippen molar-refractivity contribution in [3.05, 3.63) is 58.6 Å². The van der Waals surface area contributed by atoms with E-state index in [0.29, 0.717) is 24.1 Å². The number of benzene rings is 2. The summed E-state index contributed by atoms with van der Waals surface area (Å²) in [4.78, 5) is 6.25. The lowest BCUT2D eigenvalue weighted by atomic mass is 10.1. The van der Waals surface area contributed by atoms with Crippen LogP contribution < -0.4 is 14.8 Å². The molecule has 1 aliphatic heterocycles. The molecular formula is C19H23ClIN3O3. The fourth-order valence-corrected chi connectivity index (χ4v) is 2.99. The lowest BCUT2D eigenvalue weighted by molar-refractivity contribution is 0.174. The first-order valence-corrected chi connectivity index (χ1v) is 8.68. The largest absolute Gasteiger partial charge is 0.454 e. The number of ether oxygens (including phenoxy) is 2. The molecule has 0 radical (unpaired) electrons. The van der Waals surface area contributed by atoms with Crippen molar-refractivity contribution in [1.29, 1.82) is 0 Å². The van der Waals surface area contributed by atoms with E-state index in [9.17, 15) is 5.11 Å². The van der Waals surface area contributed by atoms with Gasteiger partial charge in [-0.05, 0) is 35.4 Å². The predicted molar refractivity (Wildman–Crippen MR) is 117 cm³/mol. The fraction of sp³-hybridized carbons (Fsp3) is 0.316. The molecule has 8 heteroatoms. The van der Waals surface area contributed by atoms with Crippen molar-refractivity contribution < 1.29 is 14.6 Å². The summed E-state index contributed by atoms with van der Waals surface area (Å²) >= 11 is 5.98. The van der Waals surface area contributed by atoms with Gasteiger partial charge in [0.25, 0.3) is 0 Å². The van der Waals surface area contributed by atoms with E-state index in [0.717, 1.165) is 22.6 Å². The molecule has 3 rings (SSSR count). The molecule has 1 unspecified atom stereocenters. The number of aliphatic imine (C=N–C) groups is 1. The third kappa shape index (κ3) is 5.63. The van der Waals surface area contributed by atoms with Gasteiger partial charge in [-0.2, -0.15) is 0 Å². The topological polar surface area (TPSA) is 66.3 Å². The molecule has 2 aromatic carbocycles. The Labute approximate surface area is 181 Å². The third-order valence-corrected chi connectivity index (χ3v) is 4.35. The lowest BCUT2D eigenvalue weighted by Crippen LogP contribution is -2.40. The molecule has 0 aliphatic carbocycles. The molecule has 6 nitrogen and oxygen atoms in total. The number of nitrogens with zero attached hydrogens (tertiary/aromatic N) is 2. The summed E-state index contributed by atoms with van der Waals surface area (Å²) < 4.78 is 10.7. The van der Waals surface area contributed by atoms with Crippen molar-refractivity contribution >= 4 is 41.5 Å². The van der Waals surface area contributed by atoms with Crippen LogP contribution in [0.25, 0.3) is 0 Å². The molecular weight excluding hydrogens is 481 g/mol. The van der Waals surface area contributed by atoms with Crippen LogP contribution in [0.5, 0.6) is 11.5 Å². The van der Waals surface area contributed by atoms with Gasteiger partial charge >= 0.3 is 0 Å². The minimum Gasteiger partial charge on any atom is -0.454 e. The Hall–Kier alpha value is -1.71. The summed E-state index contributed by atoms with van der Waals surface area (Å²) in [5.74, 6) is 2.21. The van der Waals surface area contributed by atoms with Crippen LogP contribution in [0.15, 0.2) is 47.5 Å². The van der Waals surface area contributed by atoms with E-state index in [2.05, 4.69) is 10.3 Å². The van der Waals surface area contributed by atoms with E-state index < -0.39 is 6.10 Å². The minimum atomic E-state index is -0.676. The Morgan fingerprint density at radius 2 is 2.04 bits per heavy atom. The van der Waals surface area contributed by atoms with Crippen LogP contribution >= 0.6 is 35.6 Å². The van der Waals surface area contributed by atoms with Crippen molar-refractivity contribution in [1.82, 2.24) is 10.2 Å². The number of hydrogen-bond donors (Lipinski definition) is 2. The number of aliphatic hydroxyl groups is 1. The number of halogens is 2. The summed E-state index contributed by atoms with van der Waals surface area (Å²) in [7, 11) is 3.65. The highest BCUT2D eigenvalue weighted by molar-refractivity contribution is 14.0. The predicted octanol–water partition coefficient (Wildman–Crippen LogP) is 3.43. The van der Waals surface area contributed by atoms with Crippen LogP contribution in [0.4, 0.5) is 0 Å². The maximum Gasteiger partial charge on any atom is 0.231 e. The van der Waals surface area contributed by atoms with E-state index in [1.165, 1.54) is 0 Å². The van der Waals surface area contributed by atoms with Gasteiger partial charge in [0, 0.05) is 32.2 Å². The molecule has 0 fully saturated rings. The fourth-order valence-electron chi connectivity index (χ4n) is 2.79. The quantitative estimate of drug-likeness (QED) is 0.372. The zero-order valence-corrected chi connectivity index (χ0v) is 18.3. The number of fused-ring (bicyclic) bond motifs is 1. The normalized spacial score (nSPS) is 13.7. The molecule has 0 amide bonds. The molecule has 0 saturated carbocycles. The molecule has 0 saturated heterocycles. The van der Waals surface area contributed by atoms with Gasteiger partial charge in [-0.15, -0.1) is 24.0 Å². The molecule has 1 atom stereocenters. The van der Waals surface area contributed by atoms with Gasteiger partial charge in [-0.3, -0.25) is 4.99 Å². The zero-order chi connectivity index (χ0) is 18.5. The zero-order valence-electron chi connectivity index (χ0n) is 15.2. The summed E-state index contributed by atoms with van der Waals surface area (Å²) in [6, 6.07) is 13.1. The lowest BCUT2D eigenvalue weighted by Gasteiger charge is -2.23. The van der Waals surface area contributed by atoms with Crippen LogP contribution in [-0.4, -0.2) is 43.4 Å². The number of guanidine groups is 1. The number of hydrogen-bond acceptors (Lipinski definition) is 4. The SMILES string of the molecule is CN=C(NCC(O)c1cccc(Cl)c1)N(C)Cc1ccc2c(c1)OCO2.I. The average molecular weight is 504 g/mol. The van der Waals surface area contributed by atoms with Gasteiger partial charge in [0.1, 0.15) is 0 Å². The first-order valence-electron chi connectivity index (χ1n) is 8.30. The molecule has 1 heterocycles. The van der Waals surface area contributed by atoms with Crippen molar-refractivity contribution in [2.24, 2.45) is 4.99 Å². The van der Waals surface area contributed by atoms with E-state index >= 15 is 0 Å². The summed E-state index contributed by atoms with van der Waals surface area (Å²) in [6.07, 6.45) is -0.676. The summed E-state index contributed by atoms with van der Waals surface area (Å²) in [5, 5.41) is 14.1. The second-order valence-corrected chi connectivity index (χ2v) is 6.48. The smallest absolute Gasteiger partial charge is 0.231 e. The van der Waals surface area contributed by atoms with Crippen molar-refractivity contribution in [2.75, 3.05) is 27.4 Å². The first kappa shape index (κ1) is 21.6. The molecule has 2 N–H and O–H groups in total. The summed E-state index contributed by atoms with van der Waals surface area (Å²) in [5.41, 5.74) is 1.84. The van der Waals surface area contributed by atoms with Crippen molar-refractivity contribution in [3.8, 4) is 11.5 Å². The third-order valence-electron chi connectivity index (χ3n) is 4.12. The van der Waals surface area contributed by atoms with E-state index in [-0.39, 0.29) is 30.8 Å². The van der Waals surface area contributed by atoms with Crippen molar-refractivity contribution in [2.45, 2.75) is 12.6 Å². The molecule has 2 aromatic rings. The number of aliphatic hydroxyl groups excluding tert-OH is 1. The molecule has 1 aliphatic rings. The van der Waals surface area contributed by atoms with Gasteiger partial charge in [0.15, 0.2) is 17.5 Å². The Balaban J connectivity index is 0.00000261. The van der Waals surface area contributed by atoms with Gasteiger partial charge in [-0.25, -0.2) is 0 Å². The Morgan fingerprint density at radius 1 is 1.26 bits per heavy atom. The van der Waals surface area contributed by atoms with Gasteiger partial charge < -0.3 is 24.8 Å². The maximum absolute atomic E-state index is 10.3. The Kier molecular flexibility index (Phi) is 8.00. The van der Waals surface area contributed by atoms with Crippen LogP contribution in [0.3, 0.4) is 0 Å². The van der Waals surface area contributed by atoms with E-state index in [1.807, 2.05) is 42.3 Å². The van der Waals surface area contributed by atoms with Gasteiger partial charge in [-0.1, -0.05) is 29.8 Å². The van der Waals surface area contributed by atoms with Crippen LogP contribution in [0.1, 0.15) is 17.2 Å². The molecule has 0 bridgehead atoms. The second-order valence-electron chi connectivity index (χ2n) is 6.04. The van der Waals surface area contributed by atoms with E-state index in [4.69, 9.17) is 21.1 Å². The molecule has 27 heavy (non-hydrogen) atoms. The second kappa shape index (κ2) is 10.0. The van der Waals surface area contributed by atoms with E-state index in [1.54, 1.807) is 19.2 Å².